The fraction of sp³-hybridized carbons (Fsp3) is 0.381. The summed E-state index contributed by atoms with van der Waals surface area (Å²) >= 11 is 0. The van der Waals surface area contributed by atoms with Gasteiger partial charge in [0, 0.05) is 12.1 Å². The number of hydrogen-bond donors (Lipinski definition) is 1. The first kappa shape index (κ1) is 18.2. The minimum Gasteiger partial charge on any atom is -0.321 e. The van der Waals surface area contributed by atoms with Crippen molar-refractivity contribution in [2.75, 3.05) is 31.5 Å². The molecule has 0 bridgehead atoms. The Morgan fingerprint density at radius 1 is 0.958 bits per heavy atom. The van der Waals surface area contributed by atoms with Gasteiger partial charge in [0.05, 0.1) is 19.6 Å². The van der Waals surface area contributed by atoms with E-state index in [1.165, 1.54) is 5.56 Å². The first-order valence-corrected chi connectivity index (χ1v) is 8.83. The maximum absolute atomic E-state index is 12.6. The molecule has 2 rings (SSSR count). The highest BCUT2D eigenvalue weighted by Crippen LogP contribution is 2.15. The van der Waals surface area contributed by atoms with Crippen LogP contribution in [-0.4, -0.2) is 36.6 Å². The molecule has 0 unspecified atom stereocenters. The Morgan fingerprint density at radius 3 is 2.21 bits per heavy atom. The molecule has 1 amide bonds. The average molecular weight is 325 g/mol. The number of carbonyl (C=O) groups excluding carboxylic acids is 1. The predicted octanol–water partition coefficient (Wildman–Crippen LogP) is 4.03. The Morgan fingerprint density at radius 2 is 1.58 bits per heavy atom. The van der Waals surface area contributed by atoms with Crippen LogP contribution in [0.25, 0.3) is 0 Å². The Labute approximate surface area is 145 Å². The van der Waals surface area contributed by atoms with Crippen LogP contribution in [0.3, 0.4) is 0 Å². The number of benzene rings is 2. The van der Waals surface area contributed by atoms with Crippen LogP contribution in [0.2, 0.25) is 0 Å². The number of para-hydroxylation sites is 1. The van der Waals surface area contributed by atoms with Crippen molar-refractivity contribution in [2.24, 2.45) is 0 Å². The summed E-state index contributed by atoms with van der Waals surface area (Å²) in [6, 6.07) is 18.4. The van der Waals surface area contributed by atoms with Crippen molar-refractivity contribution in [1.29, 1.82) is 0 Å². The summed E-state index contributed by atoms with van der Waals surface area (Å²) in [5.41, 5.74) is 3.35. The van der Waals surface area contributed by atoms with E-state index in [0.717, 1.165) is 41.8 Å². The van der Waals surface area contributed by atoms with E-state index in [9.17, 15) is 4.79 Å². The maximum Gasteiger partial charge on any atom is 0.279 e. The van der Waals surface area contributed by atoms with Crippen LogP contribution in [0.1, 0.15) is 25.0 Å². The molecular formula is C21H29N2O+. The molecule has 0 heterocycles. The Hall–Kier alpha value is -2.13. The van der Waals surface area contributed by atoms with E-state index in [4.69, 9.17) is 0 Å². The molecule has 0 aliphatic rings. The molecule has 1 N–H and O–H groups in total. The smallest absolute Gasteiger partial charge is 0.279 e. The summed E-state index contributed by atoms with van der Waals surface area (Å²) in [4.78, 5) is 12.6. The molecule has 3 heteroatoms. The largest absolute Gasteiger partial charge is 0.321 e. The molecule has 0 atom stereocenters. The van der Waals surface area contributed by atoms with Crippen molar-refractivity contribution in [2.45, 2.75) is 27.2 Å². The molecule has 0 aromatic heterocycles. The van der Waals surface area contributed by atoms with Gasteiger partial charge in [-0.1, -0.05) is 48.5 Å². The Kier molecular flexibility index (Phi) is 6.56. The third-order valence-electron chi connectivity index (χ3n) is 4.96. The molecule has 3 nitrogen and oxygen atoms in total. The first-order valence-electron chi connectivity index (χ1n) is 8.83. The highest BCUT2D eigenvalue weighted by Gasteiger charge is 2.26. The lowest BCUT2D eigenvalue weighted by atomic mass is 10.1. The van der Waals surface area contributed by atoms with E-state index >= 15 is 0 Å². The van der Waals surface area contributed by atoms with Gasteiger partial charge >= 0.3 is 0 Å². The third-order valence-corrected chi connectivity index (χ3v) is 4.96. The predicted molar refractivity (Wildman–Crippen MR) is 101 cm³/mol. The molecule has 0 aliphatic heterocycles. The number of likely N-dealkylation sites (N-methyl/N-ethyl adjacent to an activating group) is 1. The number of nitrogens with one attached hydrogen (secondary N) is 1. The van der Waals surface area contributed by atoms with Crippen LogP contribution in [0.5, 0.6) is 0 Å². The molecule has 2 aromatic rings. The molecule has 0 saturated carbocycles. The molecule has 24 heavy (non-hydrogen) atoms. The minimum absolute atomic E-state index is 0.0982. The average Bonchev–Trinajstić information content (AvgIpc) is 2.61. The normalized spacial score (nSPS) is 11.3. The maximum atomic E-state index is 12.6. The van der Waals surface area contributed by atoms with Gasteiger partial charge in [-0.15, -0.1) is 0 Å². The van der Waals surface area contributed by atoms with Crippen molar-refractivity contribution in [3.8, 4) is 0 Å². The molecule has 0 saturated heterocycles. The fourth-order valence-corrected chi connectivity index (χ4v) is 3.06. The number of aryl methyl sites for hydroxylation is 1. The molecule has 0 aliphatic carbocycles. The minimum atomic E-state index is 0.0982. The number of carbonyl (C=O) groups is 1. The van der Waals surface area contributed by atoms with E-state index in [-0.39, 0.29) is 5.91 Å². The van der Waals surface area contributed by atoms with Crippen LogP contribution in [-0.2, 0) is 11.2 Å². The Balaban J connectivity index is 2.01. The molecule has 2 aromatic carbocycles. The zero-order valence-corrected chi connectivity index (χ0v) is 15.1. The van der Waals surface area contributed by atoms with Gasteiger partial charge in [-0.25, -0.2) is 0 Å². The van der Waals surface area contributed by atoms with Crippen LogP contribution in [0.4, 0.5) is 5.69 Å². The summed E-state index contributed by atoms with van der Waals surface area (Å²) in [6.07, 6.45) is 1.00. The number of nitrogens with zero attached hydrogens (tertiary/aromatic N) is 1. The quantitative estimate of drug-likeness (QED) is 0.729. The van der Waals surface area contributed by atoms with Crippen LogP contribution in [0, 0.1) is 6.92 Å². The van der Waals surface area contributed by atoms with Crippen molar-refractivity contribution in [3.63, 3.8) is 0 Å². The van der Waals surface area contributed by atoms with E-state index in [0.29, 0.717) is 6.54 Å². The zero-order valence-electron chi connectivity index (χ0n) is 15.1. The monoisotopic (exact) mass is 325 g/mol. The van der Waals surface area contributed by atoms with Crippen molar-refractivity contribution in [3.05, 3.63) is 65.7 Å². The second-order valence-electron chi connectivity index (χ2n) is 6.45. The summed E-state index contributed by atoms with van der Waals surface area (Å²) < 4.78 is 0.812. The SMILES string of the molecule is CC[N+](CC)(CCc1ccccc1)CC(=O)Nc1ccccc1C. The van der Waals surface area contributed by atoms with E-state index in [1.807, 2.05) is 37.3 Å². The van der Waals surface area contributed by atoms with Gasteiger partial charge in [0.1, 0.15) is 0 Å². The second-order valence-corrected chi connectivity index (χ2v) is 6.45. The fourth-order valence-electron chi connectivity index (χ4n) is 3.06. The van der Waals surface area contributed by atoms with Crippen molar-refractivity contribution >= 4 is 11.6 Å². The molecular weight excluding hydrogens is 296 g/mol. The standard InChI is InChI=1S/C21H28N2O/c1-4-23(5-2,16-15-19-12-7-6-8-13-19)17-21(24)22-20-14-10-9-11-18(20)3/h6-14H,4-5,15-17H2,1-3H3/p+1. The highest BCUT2D eigenvalue weighted by molar-refractivity contribution is 5.92. The number of anilines is 1. The highest BCUT2D eigenvalue weighted by atomic mass is 16.2. The summed E-state index contributed by atoms with van der Waals surface area (Å²) in [5.74, 6) is 0.0982. The zero-order chi connectivity index (χ0) is 17.4. The summed E-state index contributed by atoms with van der Waals surface area (Å²) in [6.45, 7) is 9.80. The lowest BCUT2D eigenvalue weighted by Gasteiger charge is -2.36. The van der Waals surface area contributed by atoms with Gasteiger partial charge in [0.25, 0.3) is 5.91 Å². The Bertz CT molecular complexity index is 648. The van der Waals surface area contributed by atoms with Crippen LogP contribution < -0.4 is 5.32 Å². The summed E-state index contributed by atoms with van der Waals surface area (Å²) in [5, 5.41) is 3.08. The van der Waals surface area contributed by atoms with Gasteiger partial charge in [0.2, 0.25) is 0 Å². The van der Waals surface area contributed by atoms with Crippen molar-refractivity contribution in [1.82, 2.24) is 0 Å². The van der Waals surface area contributed by atoms with E-state index in [2.05, 4.69) is 43.4 Å². The van der Waals surface area contributed by atoms with E-state index in [1.54, 1.807) is 0 Å². The van der Waals surface area contributed by atoms with Crippen molar-refractivity contribution < 1.29 is 9.28 Å². The molecule has 0 fully saturated rings. The lowest BCUT2D eigenvalue weighted by Crippen LogP contribution is -2.53. The first-order chi connectivity index (χ1) is 11.6. The van der Waals surface area contributed by atoms with Gasteiger partial charge in [0.15, 0.2) is 6.54 Å². The topological polar surface area (TPSA) is 29.1 Å². The van der Waals surface area contributed by atoms with Gasteiger partial charge < -0.3 is 9.80 Å². The van der Waals surface area contributed by atoms with E-state index < -0.39 is 0 Å². The van der Waals surface area contributed by atoms with Crippen LogP contribution in [0.15, 0.2) is 54.6 Å². The molecule has 0 radical (unpaired) electrons. The number of quaternary nitrogens is 1. The third kappa shape index (κ3) is 4.93. The number of amides is 1. The van der Waals surface area contributed by atoms with Gasteiger partial charge in [-0.3, -0.25) is 4.79 Å². The summed E-state index contributed by atoms with van der Waals surface area (Å²) in [7, 11) is 0. The van der Waals surface area contributed by atoms with Gasteiger partial charge in [-0.2, -0.15) is 0 Å². The number of rotatable bonds is 8. The lowest BCUT2D eigenvalue weighted by molar-refractivity contribution is -0.917. The molecule has 128 valence electrons. The van der Waals surface area contributed by atoms with Gasteiger partial charge in [-0.05, 0) is 38.0 Å². The molecule has 0 spiro atoms. The second kappa shape index (κ2) is 8.65. The number of hydrogen-bond acceptors (Lipinski definition) is 1. The van der Waals surface area contributed by atoms with Crippen LogP contribution >= 0.6 is 0 Å².